The molecular weight excluding hydrogens is 352 g/mol. The van der Waals surface area contributed by atoms with Crippen molar-refractivity contribution in [2.45, 2.75) is 12.5 Å². The molecule has 0 bridgehead atoms. The van der Waals surface area contributed by atoms with Gasteiger partial charge in [0.25, 0.3) is 5.91 Å². The summed E-state index contributed by atoms with van der Waals surface area (Å²) in [5, 5.41) is 8.95. The molecule has 3 amide bonds. The maximum atomic E-state index is 12.0. The minimum atomic E-state index is -0.766. The molecule has 3 rings (SSSR count). The Kier molecular flexibility index (Phi) is 4.97. The van der Waals surface area contributed by atoms with Crippen molar-refractivity contribution in [3.63, 3.8) is 0 Å². The van der Waals surface area contributed by atoms with E-state index in [1.54, 1.807) is 24.3 Å². The van der Waals surface area contributed by atoms with E-state index in [1.165, 1.54) is 11.3 Å². The Morgan fingerprint density at radius 2 is 2.00 bits per heavy atom. The molecule has 2 aromatic rings. The average Bonchev–Trinajstić information content (AvgIpc) is 3.25. The molecule has 1 aliphatic rings. The third-order valence-corrected chi connectivity index (χ3v) is 4.34. The molecule has 1 aromatic heterocycles. The number of amides is 3. The molecule has 0 unspecified atom stereocenters. The van der Waals surface area contributed by atoms with Crippen molar-refractivity contribution < 1.29 is 14.4 Å². The molecule has 0 saturated carbocycles. The standard InChI is InChI=1S/C15H13ClN4O3S/c16-9-3-5-10(6-4-9)17-15(22)19-18-14(21)12-8-11(20-23-12)13-2-1-7-24-13/h1-7,12H,8H2,(H,18,21)(H2,17,19,22)/t12-/m1/s1. The lowest BCUT2D eigenvalue weighted by atomic mass is 10.1. The van der Waals surface area contributed by atoms with Gasteiger partial charge < -0.3 is 10.2 Å². The summed E-state index contributed by atoms with van der Waals surface area (Å²) in [4.78, 5) is 29.8. The van der Waals surface area contributed by atoms with Crippen LogP contribution in [0.15, 0.2) is 46.9 Å². The highest BCUT2D eigenvalue weighted by atomic mass is 35.5. The van der Waals surface area contributed by atoms with Crippen LogP contribution in [-0.2, 0) is 9.63 Å². The van der Waals surface area contributed by atoms with Gasteiger partial charge in [-0.05, 0) is 35.7 Å². The highest BCUT2D eigenvalue weighted by molar-refractivity contribution is 7.12. The number of urea groups is 1. The first-order chi connectivity index (χ1) is 11.6. The quantitative estimate of drug-likeness (QED) is 0.731. The second-order valence-electron chi connectivity index (χ2n) is 4.89. The number of carbonyl (C=O) groups is 2. The Morgan fingerprint density at radius 1 is 1.21 bits per heavy atom. The average molecular weight is 365 g/mol. The molecule has 1 aliphatic heterocycles. The van der Waals surface area contributed by atoms with Crippen LogP contribution in [0.25, 0.3) is 0 Å². The van der Waals surface area contributed by atoms with Gasteiger partial charge in [-0.1, -0.05) is 22.8 Å². The van der Waals surface area contributed by atoms with Crippen molar-refractivity contribution in [1.82, 2.24) is 10.9 Å². The number of hydrogen-bond donors (Lipinski definition) is 3. The fourth-order valence-electron chi connectivity index (χ4n) is 2.00. The van der Waals surface area contributed by atoms with Gasteiger partial charge in [-0.25, -0.2) is 10.2 Å². The van der Waals surface area contributed by atoms with Gasteiger partial charge in [-0.2, -0.15) is 0 Å². The van der Waals surface area contributed by atoms with Crippen LogP contribution in [0.1, 0.15) is 11.3 Å². The predicted octanol–water partition coefficient (Wildman–Crippen LogP) is 2.75. The Hall–Kier alpha value is -2.58. The summed E-state index contributed by atoms with van der Waals surface area (Å²) in [5.74, 6) is -0.475. The van der Waals surface area contributed by atoms with Crippen molar-refractivity contribution in [3.8, 4) is 0 Å². The van der Waals surface area contributed by atoms with Gasteiger partial charge in [-0.15, -0.1) is 11.3 Å². The van der Waals surface area contributed by atoms with Crippen LogP contribution >= 0.6 is 22.9 Å². The Morgan fingerprint density at radius 3 is 2.71 bits per heavy atom. The molecule has 3 N–H and O–H groups in total. The molecule has 0 spiro atoms. The first kappa shape index (κ1) is 16.3. The summed E-state index contributed by atoms with van der Waals surface area (Å²) in [5.41, 5.74) is 5.83. The number of hydrazine groups is 1. The van der Waals surface area contributed by atoms with Crippen LogP contribution in [0, 0.1) is 0 Å². The molecule has 7 nitrogen and oxygen atoms in total. The van der Waals surface area contributed by atoms with Crippen LogP contribution in [0.2, 0.25) is 5.02 Å². The summed E-state index contributed by atoms with van der Waals surface area (Å²) < 4.78 is 0. The second kappa shape index (κ2) is 7.33. The minimum absolute atomic E-state index is 0.354. The maximum Gasteiger partial charge on any atom is 0.337 e. The number of rotatable bonds is 3. The monoisotopic (exact) mass is 364 g/mol. The normalized spacial score (nSPS) is 16.0. The Bertz CT molecular complexity index is 762. The number of hydrogen-bond acceptors (Lipinski definition) is 5. The van der Waals surface area contributed by atoms with Gasteiger partial charge in [0.1, 0.15) is 5.71 Å². The van der Waals surface area contributed by atoms with Gasteiger partial charge in [0.15, 0.2) is 0 Å². The van der Waals surface area contributed by atoms with E-state index >= 15 is 0 Å². The first-order valence-electron chi connectivity index (χ1n) is 7.01. The zero-order chi connectivity index (χ0) is 16.9. The van der Waals surface area contributed by atoms with E-state index in [0.717, 1.165) is 10.6 Å². The number of oxime groups is 1. The number of benzene rings is 1. The van der Waals surface area contributed by atoms with Gasteiger partial charge in [0, 0.05) is 17.1 Å². The van der Waals surface area contributed by atoms with Crippen molar-refractivity contribution >= 4 is 46.3 Å². The van der Waals surface area contributed by atoms with Crippen LogP contribution in [-0.4, -0.2) is 23.8 Å². The van der Waals surface area contributed by atoms with E-state index in [-0.39, 0.29) is 0 Å². The van der Waals surface area contributed by atoms with E-state index < -0.39 is 18.0 Å². The number of anilines is 1. The minimum Gasteiger partial charge on any atom is -0.382 e. The van der Waals surface area contributed by atoms with Crippen molar-refractivity contribution in [2.75, 3.05) is 5.32 Å². The fourth-order valence-corrected chi connectivity index (χ4v) is 2.84. The van der Waals surface area contributed by atoms with Gasteiger partial charge in [0.2, 0.25) is 6.10 Å². The summed E-state index contributed by atoms with van der Waals surface area (Å²) in [6.45, 7) is 0. The molecule has 1 aromatic carbocycles. The van der Waals surface area contributed by atoms with Crippen LogP contribution in [0.3, 0.4) is 0 Å². The third kappa shape index (κ3) is 4.03. The highest BCUT2D eigenvalue weighted by Gasteiger charge is 2.29. The Balaban J connectivity index is 1.44. The van der Waals surface area contributed by atoms with E-state index in [2.05, 4.69) is 21.3 Å². The molecular formula is C15H13ClN4O3S. The first-order valence-corrected chi connectivity index (χ1v) is 8.26. The number of nitrogens with zero attached hydrogens (tertiary/aromatic N) is 1. The highest BCUT2D eigenvalue weighted by Crippen LogP contribution is 2.20. The fraction of sp³-hybridized carbons (Fsp3) is 0.133. The van der Waals surface area contributed by atoms with Crippen molar-refractivity contribution in [1.29, 1.82) is 0 Å². The lowest BCUT2D eigenvalue weighted by Crippen LogP contribution is -2.48. The van der Waals surface area contributed by atoms with Gasteiger partial charge in [0.05, 0.1) is 4.88 Å². The van der Waals surface area contributed by atoms with E-state index in [0.29, 0.717) is 17.1 Å². The molecule has 0 radical (unpaired) electrons. The molecule has 9 heteroatoms. The molecule has 24 heavy (non-hydrogen) atoms. The Labute approximate surface area is 146 Å². The SMILES string of the molecule is O=C(NNC(=O)[C@H]1CC(c2cccs2)=NO1)Nc1ccc(Cl)cc1. The van der Waals surface area contributed by atoms with E-state index in [1.807, 2.05) is 17.5 Å². The van der Waals surface area contributed by atoms with Gasteiger partial charge in [-0.3, -0.25) is 10.2 Å². The smallest absolute Gasteiger partial charge is 0.337 e. The molecule has 0 saturated heterocycles. The second-order valence-corrected chi connectivity index (χ2v) is 6.27. The molecule has 0 fully saturated rings. The number of halogens is 1. The molecule has 2 heterocycles. The summed E-state index contributed by atoms with van der Waals surface area (Å²) in [7, 11) is 0. The third-order valence-electron chi connectivity index (χ3n) is 3.17. The zero-order valence-electron chi connectivity index (χ0n) is 12.3. The summed E-state index contributed by atoms with van der Waals surface area (Å²) in [6, 6.07) is 9.80. The molecule has 0 aliphatic carbocycles. The van der Waals surface area contributed by atoms with E-state index in [9.17, 15) is 9.59 Å². The topological polar surface area (TPSA) is 91.8 Å². The lowest BCUT2D eigenvalue weighted by Gasteiger charge is -2.11. The van der Waals surface area contributed by atoms with Crippen molar-refractivity contribution in [3.05, 3.63) is 51.7 Å². The van der Waals surface area contributed by atoms with Crippen LogP contribution in [0.5, 0.6) is 0 Å². The summed E-state index contributed by atoms with van der Waals surface area (Å²) in [6.07, 6.45) is -0.412. The summed E-state index contributed by atoms with van der Waals surface area (Å²) >= 11 is 7.29. The maximum absolute atomic E-state index is 12.0. The largest absolute Gasteiger partial charge is 0.382 e. The predicted molar refractivity (Wildman–Crippen MR) is 92.1 cm³/mol. The number of carbonyl (C=O) groups excluding carboxylic acids is 2. The van der Waals surface area contributed by atoms with Gasteiger partial charge >= 0.3 is 6.03 Å². The van der Waals surface area contributed by atoms with Crippen LogP contribution < -0.4 is 16.2 Å². The number of nitrogens with one attached hydrogen (secondary N) is 3. The van der Waals surface area contributed by atoms with Crippen molar-refractivity contribution in [2.24, 2.45) is 5.16 Å². The van der Waals surface area contributed by atoms with E-state index in [4.69, 9.17) is 16.4 Å². The molecule has 124 valence electrons. The lowest BCUT2D eigenvalue weighted by molar-refractivity contribution is -0.131. The number of thiophene rings is 1. The zero-order valence-corrected chi connectivity index (χ0v) is 13.9. The molecule has 1 atom stereocenters. The van der Waals surface area contributed by atoms with Crippen LogP contribution in [0.4, 0.5) is 10.5 Å².